The number of nitriles is 1. The monoisotopic (exact) mass is 218 g/mol. The van der Waals surface area contributed by atoms with Crippen LogP contribution in [0.15, 0.2) is 23.1 Å². The van der Waals surface area contributed by atoms with Gasteiger partial charge in [0.1, 0.15) is 0 Å². The van der Waals surface area contributed by atoms with Gasteiger partial charge in [-0.05, 0) is 42.4 Å². The Morgan fingerprint density at radius 2 is 2.40 bits per heavy atom. The standard InChI is InChI=1S/C11H10N2OS/c12-7-11(14)13-9-3-4-10-8(6-9)2-1-5-15-10/h3-4,6H,1-2,5H2,(H,13,14). The highest BCUT2D eigenvalue weighted by atomic mass is 32.2. The smallest absolute Gasteiger partial charge is 0.313 e. The van der Waals surface area contributed by atoms with Crippen molar-refractivity contribution in [1.29, 1.82) is 5.26 Å². The number of hydrogen-bond acceptors (Lipinski definition) is 3. The van der Waals surface area contributed by atoms with Crippen molar-refractivity contribution in [2.75, 3.05) is 11.1 Å². The quantitative estimate of drug-likeness (QED) is 0.735. The molecule has 1 aromatic carbocycles. The van der Waals surface area contributed by atoms with E-state index in [0.29, 0.717) is 5.69 Å². The van der Waals surface area contributed by atoms with Gasteiger partial charge in [-0.2, -0.15) is 5.26 Å². The maximum atomic E-state index is 10.9. The van der Waals surface area contributed by atoms with Crippen LogP contribution in [0, 0.1) is 11.3 Å². The van der Waals surface area contributed by atoms with Crippen LogP contribution in [0.4, 0.5) is 5.69 Å². The zero-order valence-electron chi connectivity index (χ0n) is 8.12. The van der Waals surface area contributed by atoms with Crippen LogP contribution in [-0.2, 0) is 11.2 Å². The second-order valence-corrected chi connectivity index (χ2v) is 4.48. The van der Waals surface area contributed by atoms with Crippen LogP contribution in [0.25, 0.3) is 0 Å². The van der Waals surface area contributed by atoms with Crippen molar-refractivity contribution in [3.8, 4) is 6.07 Å². The number of amides is 1. The van der Waals surface area contributed by atoms with E-state index in [-0.39, 0.29) is 0 Å². The fraction of sp³-hybridized carbons (Fsp3) is 0.273. The van der Waals surface area contributed by atoms with E-state index in [0.717, 1.165) is 12.2 Å². The Morgan fingerprint density at radius 1 is 1.53 bits per heavy atom. The van der Waals surface area contributed by atoms with Crippen LogP contribution >= 0.6 is 11.8 Å². The summed E-state index contributed by atoms with van der Waals surface area (Å²) < 4.78 is 0. The number of aryl methyl sites for hydroxylation is 1. The third-order valence-corrected chi connectivity index (χ3v) is 3.47. The number of fused-ring (bicyclic) bond motifs is 1. The zero-order chi connectivity index (χ0) is 10.7. The molecule has 0 unspecified atom stereocenters. The minimum Gasteiger partial charge on any atom is -0.313 e. The molecule has 3 nitrogen and oxygen atoms in total. The number of nitrogens with one attached hydrogen (secondary N) is 1. The van der Waals surface area contributed by atoms with Gasteiger partial charge < -0.3 is 5.32 Å². The molecule has 0 spiro atoms. The van der Waals surface area contributed by atoms with E-state index < -0.39 is 5.91 Å². The van der Waals surface area contributed by atoms with E-state index in [1.165, 1.54) is 22.9 Å². The van der Waals surface area contributed by atoms with E-state index in [1.807, 2.05) is 30.0 Å². The molecule has 4 heteroatoms. The first-order chi connectivity index (χ1) is 7.29. The van der Waals surface area contributed by atoms with Gasteiger partial charge in [0.05, 0.1) is 0 Å². The average Bonchev–Trinajstić information content (AvgIpc) is 2.29. The van der Waals surface area contributed by atoms with Gasteiger partial charge in [0.25, 0.3) is 0 Å². The number of nitrogens with zero attached hydrogens (tertiary/aromatic N) is 1. The van der Waals surface area contributed by atoms with Gasteiger partial charge in [0.2, 0.25) is 0 Å². The second kappa shape index (κ2) is 4.37. The molecule has 1 N–H and O–H groups in total. The number of hydrogen-bond donors (Lipinski definition) is 1. The van der Waals surface area contributed by atoms with Crippen LogP contribution in [0.3, 0.4) is 0 Å². The number of carbonyl (C=O) groups is 1. The summed E-state index contributed by atoms with van der Waals surface area (Å²) in [5.74, 6) is 0.551. The molecule has 15 heavy (non-hydrogen) atoms. The van der Waals surface area contributed by atoms with Crippen molar-refractivity contribution < 1.29 is 4.79 Å². The van der Waals surface area contributed by atoms with Crippen molar-refractivity contribution >= 4 is 23.4 Å². The average molecular weight is 218 g/mol. The van der Waals surface area contributed by atoms with E-state index in [4.69, 9.17) is 5.26 Å². The fourth-order valence-electron chi connectivity index (χ4n) is 1.60. The highest BCUT2D eigenvalue weighted by Gasteiger charge is 2.10. The van der Waals surface area contributed by atoms with Gasteiger partial charge in [-0.25, -0.2) is 0 Å². The summed E-state index contributed by atoms with van der Waals surface area (Å²) in [6, 6.07) is 7.34. The third kappa shape index (κ3) is 2.31. The summed E-state index contributed by atoms with van der Waals surface area (Å²) in [5, 5.41) is 10.9. The Kier molecular flexibility index (Phi) is 2.93. The molecule has 0 saturated carbocycles. The third-order valence-electron chi connectivity index (χ3n) is 2.27. The molecular weight excluding hydrogens is 208 g/mol. The first-order valence-electron chi connectivity index (χ1n) is 4.76. The zero-order valence-corrected chi connectivity index (χ0v) is 8.93. The maximum absolute atomic E-state index is 10.9. The Balaban J connectivity index is 2.21. The number of rotatable bonds is 1. The summed E-state index contributed by atoms with van der Waals surface area (Å²) in [6.07, 6.45) is 2.23. The van der Waals surface area contributed by atoms with E-state index in [1.54, 1.807) is 0 Å². The van der Waals surface area contributed by atoms with Crippen LogP contribution in [0.5, 0.6) is 0 Å². The topological polar surface area (TPSA) is 52.9 Å². The minimum absolute atomic E-state index is 0.613. The van der Waals surface area contributed by atoms with E-state index in [9.17, 15) is 4.79 Å². The molecule has 0 atom stereocenters. The molecule has 1 amide bonds. The molecule has 0 saturated heterocycles. The largest absolute Gasteiger partial charge is 0.326 e. The van der Waals surface area contributed by atoms with Gasteiger partial charge in [-0.3, -0.25) is 4.79 Å². The van der Waals surface area contributed by atoms with Crippen LogP contribution in [0.1, 0.15) is 12.0 Å². The molecule has 0 bridgehead atoms. The highest BCUT2D eigenvalue weighted by molar-refractivity contribution is 7.99. The van der Waals surface area contributed by atoms with Crippen molar-refractivity contribution in [2.24, 2.45) is 0 Å². The molecule has 0 aromatic heterocycles. The molecule has 1 heterocycles. The van der Waals surface area contributed by atoms with Crippen LogP contribution < -0.4 is 5.32 Å². The second-order valence-electron chi connectivity index (χ2n) is 3.34. The van der Waals surface area contributed by atoms with Crippen molar-refractivity contribution in [2.45, 2.75) is 17.7 Å². The Hall–Kier alpha value is -1.47. The lowest BCUT2D eigenvalue weighted by Crippen LogP contribution is -2.09. The molecule has 2 rings (SSSR count). The van der Waals surface area contributed by atoms with E-state index in [2.05, 4.69) is 5.32 Å². The van der Waals surface area contributed by atoms with Crippen molar-refractivity contribution in [3.05, 3.63) is 23.8 Å². The van der Waals surface area contributed by atoms with Crippen LogP contribution in [-0.4, -0.2) is 11.7 Å². The van der Waals surface area contributed by atoms with E-state index >= 15 is 0 Å². The van der Waals surface area contributed by atoms with Gasteiger partial charge in [0, 0.05) is 10.6 Å². The first kappa shape index (κ1) is 10.1. The molecular formula is C11H10N2OS. The maximum Gasteiger partial charge on any atom is 0.326 e. The Labute approximate surface area is 92.5 Å². The number of anilines is 1. The lowest BCUT2D eigenvalue weighted by molar-refractivity contribution is -0.111. The normalized spacial score (nSPS) is 13.8. The van der Waals surface area contributed by atoms with Gasteiger partial charge >= 0.3 is 5.91 Å². The summed E-state index contributed by atoms with van der Waals surface area (Å²) in [7, 11) is 0. The summed E-state index contributed by atoms with van der Waals surface area (Å²) in [4.78, 5) is 12.2. The van der Waals surface area contributed by atoms with Crippen molar-refractivity contribution in [3.63, 3.8) is 0 Å². The molecule has 1 aliphatic rings. The predicted octanol–water partition coefficient (Wildman–Crippen LogP) is 2.19. The molecule has 0 aliphatic carbocycles. The molecule has 0 fully saturated rings. The SMILES string of the molecule is N#CC(=O)Nc1ccc2c(c1)CCCS2. The van der Waals surface area contributed by atoms with Crippen LogP contribution in [0.2, 0.25) is 0 Å². The van der Waals surface area contributed by atoms with Gasteiger partial charge in [-0.15, -0.1) is 11.8 Å². The van der Waals surface area contributed by atoms with Gasteiger partial charge in [0.15, 0.2) is 6.07 Å². The number of carbonyl (C=O) groups excluding carboxylic acids is 1. The Morgan fingerprint density at radius 3 is 3.20 bits per heavy atom. The molecule has 76 valence electrons. The molecule has 1 aromatic rings. The number of benzene rings is 1. The lowest BCUT2D eigenvalue weighted by Gasteiger charge is -2.15. The summed E-state index contributed by atoms with van der Waals surface area (Å²) in [5.41, 5.74) is 1.98. The summed E-state index contributed by atoms with van der Waals surface area (Å²) in [6.45, 7) is 0. The molecule has 1 aliphatic heterocycles. The lowest BCUT2D eigenvalue weighted by atomic mass is 10.1. The Bertz CT molecular complexity index is 437. The predicted molar refractivity (Wildman–Crippen MR) is 59.7 cm³/mol. The number of thioether (sulfide) groups is 1. The summed E-state index contributed by atoms with van der Waals surface area (Å²) >= 11 is 1.84. The highest BCUT2D eigenvalue weighted by Crippen LogP contribution is 2.31. The molecule has 0 radical (unpaired) electrons. The van der Waals surface area contributed by atoms with Gasteiger partial charge in [-0.1, -0.05) is 0 Å². The van der Waals surface area contributed by atoms with Crippen molar-refractivity contribution in [1.82, 2.24) is 0 Å². The minimum atomic E-state index is -0.613. The fourth-order valence-corrected chi connectivity index (χ4v) is 2.62. The first-order valence-corrected chi connectivity index (χ1v) is 5.75.